The van der Waals surface area contributed by atoms with Crippen LogP contribution in [-0.4, -0.2) is 0 Å². The average molecular weight is 268 g/mol. The van der Waals surface area contributed by atoms with E-state index in [2.05, 4.69) is 52.8 Å². The normalized spacial score (nSPS) is 11.2. The second-order valence-corrected chi connectivity index (χ2v) is 5.52. The highest BCUT2D eigenvalue weighted by Crippen LogP contribution is 2.34. The van der Waals surface area contributed by atoms with E-state index in [1.165, 1.54) is 10.9 Å². The molecule has 0 aliphatic heterocycles. The van der Waals surface area contributed by atoms with Crippen LogP contribution in [0.15, 0.2) is 18.2 Å². The first kappa shape index (κ1) is 15.1. The summed E-state index contributed by atoms with van der Waals surface area (Å²) in [7, 11) is 0. The molecule has 2 rings (SSSR count). The Bertz CT molecular complexity index is 605. The quantitative estimate of drug-likeness (QED) is 0.657. The summed E-state index contributed by atoms with van der Waals surface area (Å²) in [4.78, 5) is 0. The molecule has 108 valence electrons. The SMILES string of the molecule is CCc1c(CC)c(CC)c2c(CC)cccc2c1CC. The van der Waals surface area contributed by atoms with Crippen LogP contribution in [0.1, 0.15) is 62.4 Å². The van der Waals surface area contributed by atoms with Crippen LogP contribution in [0, 0.1) is 0 Å². The van der Waals surface area contributed by atoms with Crippen LogP contribution in [0.5, 0.6) is 0 Å². The Morgan fingerprint density at radius 2 is 1.15 bits per heavy atom. The molecule has 0 aliphatic carbocycles. The minimum atomic E-state index is 1.13. The van der Waals surface area contributed by atoms with Crippen molar-refractivity contribution >= 4 is 10.8 Å². The lowest BCUT2D eigenvalue weighted by Crippen LogP contribution is -2.06. The van der Waals surface area contributed by atoms with Crippen molar-refractivity contribution in [3.8, 4) is 0 Å². The Hall–Kier alpha value is -1.30. The summed E-state index contributed by atoms with van der Waals surface area (Å²) >= 11 is 0. The van der Waals surface area contributed by atoms with Gasteiger partial charge in [-0.15, -0.1) is 0 Å². The third-order valence-corrected chi connectivity index (χ3v) is 4.67. The van der Waals surface area contributed by atoms with E-state index in [0.717, 1.165) is 32.1 Å². The second kappa shape index (κ2) is 6.43. The molecule has 0 saturated heterocycles. The third-order valence-electron chi connectivity index (χ3n) is 4.67. The lowest BCUT2D eigenvalue weighted by Gasteiger charge is -2.22. The maximum absolute atomic E-state index is 2.34. The van der Waals surface area contributed by atoms with E-state index in [-0.39, 0.29) is 0 Å². The zero-order valence-corrected chi connectivity index (χ0v) is 13.8. The van der Waals surface area contributed by atoms with Crippen molar-refractivity contribution in [2.45, 2.75) is 66.7 Å². The van der Waals surface area contributed by atoms with Crippen molar-refractivity contribution in [2.75, 3.05) is 0 Å². The number of aryl methyl sites for hydroxylation is 3. The van der Waals surface area contributed by atoms with Gasteiger partial charge in [0.05, 0.1) is 0 Å². The van der Waals surface area contributed by atoms with Gasteiger partial charge in [-0.2, -0.15) is 0 Å². The van der Waals surface area contributed by atoms with Crippen molar-refractivity contribution in [2.24, 2.45) is 0 Å². The van der Waals surface area contributed by atoms with Crippen molar-refractivity contribution < 1.29 is 0 Å². The van der Waals surface area contributed by atoms with Crippen LogP contribution < -0.4 is 0 Å². The fourth-order valence-electron chi connectivity index (χ4n) is 3.83. The molecule has 0 aromatic heterocycles. The summed E-state index contributed by atoms with van der Waals surface area (Å²) in [5, 5.41) is 3.07. The van der Waals surface area contributed by atoms with Crippen LogP contribution in [0.3, 0.4) is 0 Å². The summed E-state index contributed by atoms with van der Waals surface area (Å²) in [5.41, 5.74) is 7.96. The molecule has 0 amide bonds. The Kier molecular flexibility index (Phi) is 4.86. The van der Waals surface area contributed by atoms with Gasteiger partial charge in [-0.25, -0.2) is 0 Å². The Labute approximate surface area is 124 Å². The van der Waals surface area contributed by atoms with Crippen molar-refractivity contribution in [3.63, 3.8) is 0 Å². The zero-order chi connectivity index (χ0) is 14.7. The predicted octanol–water partition coefficient (Wildman–Crippen LogP) is 5.65. The predicted molar refractivity (Wildman–Crippen MR) is 90.8 cm³/mol. The monoisotopic (exact) mass is 268 g/mol. The molecule has 20 heavy (non-hydrogen) atoms. The average Bonchev–Trinajstić information content (AvgIpc) is 2.51. The smallest absolute Gasteiger partial charge is 0.0114 e. The number of rotatable bonds is 5. The Morgan fingerprint density at radius 1 is 0.600 bits per heavy atom. The summed E-state index contributed by atoms with van der Waals surface area (Å²) in [5.74, 6) is 0. The maximum Gasteiger partial charge on any atom is -0.0114 e. The fraction of sp³-hybridized carbons (Fsp3) is 0.500. The largest absolute Gasteiger partial charge is 0.0613 e. The second-order valence-electron chi connectivity index (χ2n) is 5.52. The van der Waals surface area contributed by atoms with Crippen LogP contribution in [-0.2, 0) is 32.1 Å². The van der Waals surface area contributed by atoms with Crippen molar-refractivity contribution in [1.29, 1.82) is 0 Å². The number of fused-ring (bicyclic) bond motifs is 1. The highest BCUT2D eigenvalue weighted by molar-refractivity contribution is 5.94. The minimum absolute atomic E-state index is 1.13. The van der Waals surface area contributed by atoms with Gasteiger partial charge in [-0.1, -0.05) is 52.8 Å². The zero-order valence-electron chi connectivity index (χ0n) is 13.8. The lowest BCUT2D eigenvalue weighted by molar-refractivity contribution is 0.958. The molecule has 2 aromatic rings. The molecule has 0 radical (unpaired) electrons. The molecule has 0 nitrogen and oxygen atoms in total. The standard InChI is InChI=1S/C20H28/c1-6-14-12-11-13-19-17(9-4)15(7-2)16(8-3)18(10-5)20(14)19/h11-13H,6-10H2,1-5H3. The molecule has 0 spiro atoms. The molecule has 0 saturated carbocycles. The lowest BCUT2D eigenvalue weighted by atomic mass is 9.83. The highest BCUT2D eigenvalue weighted by atomic mass is 14.2. The van der Waals surface area contributed by atoms with Gasteiger partial charge in [0.1, 0.15) is 0 Å². The minimum Gasteiger partial charge on any atom is -0.0613 e. The van der Waals surface area contributed by atoms with E-state index in [1.807, 2.05) is 0 Å². The molecule has 0 bridgehead atoms. The van der Waals surface area contributed by atoms with Gasteiger partial charge in [0.2, 0.25) is 0 Å². The Morgan fingerprint density at radius 3 is 1.65 bits per heavy atom. The van der Waals surface area contributed by atoms with E-state index >= 15 is 0 Å². The molecular formula is C20H28. The number of benzene rings is 2. The van der Waals surface area contributed by atoms with Gasteiger partial charge < -0.3 is 0 Å². The number of hydrogen-bond donors (Lipinski definition) is 0. The maximum atomic E-state index is 2.34. The summed E-state index contributed by atoms with van der Waals surface area (Å²) in [6.45, 7) is 11.5. The summed E-state index contributed by atoms with van der Waals surface area (Å²) < 4.78 is 0. The van der Waals surface area contributed by atoms with Gasteiger partial charge >= 0.3 is 0 Å². The van der Waals surface area contributed by atoms with Gasteiger partial charge in [-0.3, -0.25) is 0 Å². The van der Waals surface area contributed by atoms with Gasteiger partial charge in [0.15, 0.2) is 0 Å². The molecule has 0 atom stereocenters. The van der Waals surface area contributed by atoms with Crippen LogP contribution in [0.4, 0.5) is 0 Å². The van der Waals surface area contributed by atoms with Gasteiger partial charge in [0, 0.05) is 0 Å². The first-order valence-electron chi connectivity index (χ1n) is 8.30. The van der Waals surface area contributed by atoms with E-state index < -0.39 is 0 Å². The first-order valence-corrected chi connectivity index (χ1v) is 8.30. The van der Waals surface area contributed by atoms with E-state index in [9.17, 15) is 0 Å². The molecule has 0 heterocycles. The van der Waals surface area contributed by atoms with E-state index in [4.69, 9.17) is 0 Å². The molecule has 2 aromatic carbocycles. The molecule has 0 unspecified atom stereocenters. The summed E-state index contributed by atoms with van der Waals surface area (Å²) in [6, 6.07) is 6.89. The summed E-state index contributed by atoms with van der Waals surface area (Å²) in [6.07, 6.45) is 5.73. The van der Waals surface area contributed by atoms with Crippen molar-refractivity contribution in [1.82, 2.24) is 0 Å². The van der Waals surface area contributed by atoms with E-state index in [0.29, 0.717) is 0 Å². The fourth-order valence-corrected chi connectivity index (χ4v) is 3.83. The van der Waals surface area contributed by atoms with E-state index in [1.54, 1.807) is 27.6 Å². The molecular weight excluding hydrogens is 240 g/mol. The molecule has 0 fully saturated rings. The van der Waals surface area contributed by atoms with Crippen LogP contribution in [0.25, 0.3) is 10.8 Å². The van der Waals surface area contributed by atoms with Crippen LogP contribution in [0.2, 0.25) is 0 Å². The Balaban J connectivity index is 3.01. The van der Waals surface area contributed by atoms with Gasteiger partial charge in [-0.05, 0) is 70.7 Å². The first-order chi connectivity index (χ1) is 9.73. The van der Waals surface area contributed by atoms with Crippen LogP contribution >= 0.6 is 0 Å². The molecule has 0 aliphatic rings. The molecule has 0 N–H and O–H groups in total. The molecule has 0 heteroatoms. The number of hydrogen-bond acceptors (Lipinski definition) is 0. The van der Waals surface area contributed by atoms with Crippen molar-refractivity contribution in [3.05, 3.63) is 46.0 Å². The topological polar surface area (TPSA) is 0 Å². The van der Waals surface area contributed by atoms with Gasteiger partial charge in [0.25, 0.3) is 0 Å². The highest BCUT2D eigenvalue weighted by Gasteiger charge is 2.16. The third kappa shape index (κ3) is 2.26.